The van der Waals surface area contributed by atoms with E-state index >= 15 is 0 Å². The minimum Gasteiger partial charge on any atom is -0.336 e. The maximum Gasteiger partial charge on any atom is 0.255 e. The minimum atomic E-state index is -0.428. The molecule has 0 aliphatic carbocycles. The molecule has 0 saturated carbocycles. The summed E-state index contributed by atoms with van der Waals surface area (Å²) in [7, 11) is 0. The number of hydrogen-bond acceptors (Lipinski definition) is 3. The molecule has 0 atom stereocenters. The number of carbonyl (C=O) groups excluding carboxylic acids is 1. The molecule has 1 aromatic heterocycles. The van der Waals surface area contributed by atoms with Crippen LogP contribution < -0.4 is 0 Å². The van der Waals surface area contributed by atoms with Crippen LogP contribution in [0.25, 0.3) is 0 Å². The van der Waals surface area contributed by atoms with Crippen molar-refractivity contribution in [2.75, 3.05) is 26.2 Å². The van der Waals surface area contributed by atoms with Crippen LogP contribution in [0.4, 0.5) is 4.39 Å². The van der Waals surface area contributed by atoms with Gasteiger partial charge in [0.25, 0.3) is 5.91 Å². The topological polar surface area (TPSA) is 23.6 Å². The Labute approximate surface area is 137 Å². The van der Waals surface area contributed by atoms with E-state index in [-0.39, 0.29) is 10.9 Å². The first kappa shape index (κ1) is 15.5. The number of thiophene rings is 1. The van der Waals surface area contributed by atoms with E-state index in [0.29, 0.717) is 18.7 Å². The Balaban J connectivity index is 1.60. The van der Waals surface area contributed by atoms with Gasteiger partial charge in [0, 0.05) is 37.6 Å². The fourth-order valence-corrected chi connectivity index (χ4v) is 3.56. The van der Waals surface area contributed by atoms with Crippen LogP contribution >= 0.6 is 22.9 Å². The first-order valence-corrected chi connectivity index (χ1v) is 8.38. The van der Waals surface area contributed by atoms with Crippen molar-refractivity contribution in [1.29, 1.82) is 0 Å². The Kier molecular flexibility index (Phi) is 4.76. The molecule has 2 aromatic rings. The fraction of sp³-hybridized carbons (Fsp3) is 0.312. The summed E-state index contributed by atoms with van der Waals surface area (Å²) < 4.78 is 13.1. The van der Waals surface area contributed by atoms with E-state index in [1.54, 1.807) is 16.2 Å². The number of piperazine rings is 1. The standard InChI is InChI=1S/C16H16ClFN2OS/c17-15-10-12(18)3-4-14(15)16(21)20-7-5-19(6-8-20)11-13-2-1-9-22-13/h1-4,9-10H,5-8,11H2. The summed E-state index contributed by atoms with van der Waals surface area (Å²) in [6, 6.07) is 8.09. The molecule has 2 heterocycles. The third-order valence-electron chi connectivity index (χ3n) is 3.78. The number of rotatable bonds is 3. The highest BCUT2D eigenvalue weighted by molar-refractivity contribution is 7.09. The number of amides is 1. The van der Waals surface area contributed by atoms with Gasteiger partial charge in [-0.1, -0.05) is 17.7 Å². The van der Waals surface area contributed by atoms with Crippen molar-refractivity contribution < 1.29 is 9.18 Å². The van der Waals surface area contributed by atoms with Crippen molar-refractivity contribution in [3.05, 3.63) is 57.0 Å². The zero-order chi connectivity index (χ0) is 15.5. The molecule has 0 radical (unpaired) electrons. The van der Waals surface area contributed by atoms with Crippen molar-refractivity contribution in [3.63, 3.8) is 0 Å². The average Bonchev–Trinajstić information content (AvgIpc) is 3.00. The van der Waals surface area contributed by atoms with E-state index in [0.717, 1.165) is 19.6 Å². The van der Waals surface area contributed by atoms with Crippen molar-refractivity contribution in [2.45, 2.75) is 6.54 Å². The second-order valence-corrected chi connectivity index (χ2v) is 6.71. The number of hydrogen-bond donors (Lipinski definition) is 0. The minimum absolute atomic E-state index is 0.124. The van der Waals surface area contributed by atoms with Crippen LogP contribution in [0, 0.1) is 5.82 Å². The molecule has 3 nitrogen and oxygen atoms in total. The molecule has 1 amide bonds. The Morgan fingerprint density at radius 3 is 2.64 bits per heavy atom. The zero-order valence-electron chi connectivity index (χ0n) is 12.0. The van der Waals surface area contributed by atoms with Gasteiger partial charge in [0.1, 0.15) is 5.82 Å². The van der Waals surface area contributed by atoms with E-state index in [2.05, 4.69) is 22.4 Å². The molecular weight excluding hydrogens is 323 g/mol. The van der Waals surface area contributed by atoms with Crippen LogP contribution in [0.5, 0.6) is 0 Å². The lowest BCUT2D eigenvalue weighted by Gasteiger charge is -2.34. The summed E-state index contributed by atoms with van der Waals surface area (Å²) in [5.74, 6) is -0.553. The lowest BCUT2D eigenvalue weighted by atomic mass is 10.1. The lowest BCUT2D eigenvalue weighted by Crippen LogP contribution is -2.48. The first-order valence-electron chi connectivity index (χ1n) is 7.12. The van der Waals surface area contributed by atoms with Crippen LogP contribution in [0.15, 0.2) is 35.7 Å². The Morgan fingerprint density at radius 1 is 1.23 bits per heavy atom. The largest absolute Gasteiger partial charge is 0.336 e. The van der Waals surface area contributed by atoms with E-state index in [4.69, 9.17) is 11.6 Å². The average molecular weight is 339 g/mol. The molecular formula is C16H16ClFN2OS. The maximum absolute atomic E-state index is 13.1. The molecule has 0 N–H and O–H groups in total. The predicted molar refractivity (Wildman–Crippen MR) is 86.9 cm³/mol. The molecule has 116 valence electrons. The van der Waals surface area contributed by atoms with Crippen LogP contribution in [0.1, 0.15) is 15.2 Å². The Bertz CT molecular complexity index is 654. The molecule has 1 fully saturated rings. The summed E-state index contributed by atoms with van der Waals surface area (Å²) in [4.78, 5) is 17.9. The third kappa shape index (κ3) is 3.48. The molecule has 1 aromatic carbocycles. The van der Waals surface area contributed by atoms with Crippen molar-refractivity contribution in [3.8, 4) is 0 Å². The van der Waals surface area contributed by atoms with Crippen LogP contribution in [0.2, 0.25) is 5.02 Å². The maximum atomic E-state index is 13.1. The number of halogens is 2. The first-order chi connectivity index (χ1) is 10.6. The van der Waals surface area contributed by atoms with Crippen molar-refractivity contribution >= 4 is 28.8 Å². The third-order valence-corrected chi connectivity index (χ3v) is 4.95. The van der Waals surface area contributed by atoms with Gasteiger partial charge in [-0.3, -0.25) is 9.69 Å². The second-order valence-electron chi connectivity index (χ2n) is 5.27. The van der Waals surface area contributed by atoms with Gasteiger partial charge in [-0.05, 0) is 29.6 Å². The van der Waals surface area contributed by atoms with Gasteiger partial charge in [0.2, 0.25) is 0 Å². The van der Waals surface area contributed by atoms with Gasteiger partial charge in [-0.15, -0.1) is 11.3 Å². The molecule has 22 heavy (non-hydrogen) atoms. The fourth-order valence-electron chi connectivity index (χ4n) is 2.57. The van der Waals surface area contributed by atoms with Gasteiger partial charge in [-0.2, -0.15) is 0 Å². The predicted octanol–water partition coefficient (Wildman–Crippen LogP) is 3.50. The highest BCUT2D eigenvalue weighted by Gasteiger charge is 2.23. The summed E-state index contributed by atoms with van der Waals surface area (Å²) in [5, 5.41) is 2.25. The molecule has 3 rings (SSSR count). The zero-order valence-corrected chi connectivity index (χ0v) is 13.5. The number of carbonyl (C=O) groups is 1. The van der Waals surface area contributed by atoms with E-state index < -0.39 is 5.82 Å². The van der Waals surface area contributed by atoms with Crippen LogP contribution in [-0.2, 0) is 6.54 Å². The van der Waals surface area contributed by atoms with Crippen molar-refractivity contribution in [2.24, 2.45) is 0 Å². The highest BCUT2D eigenvalue weighted by atomic mass is 35.5. The summed E-state index contributed by atoms with van der Waals surface area (Å²) in [5.41, 5.74) is 0.370. The molecule has 0 bridgehead atoms. The second kappa shape index (κ2) is 6.77. The summed E-state index contributed by atoms with van der Waals surface area (Å²) in [6.45, 7) is 3.93. The number of nitrogens with zero attached hydrogens (tertiary/aromatic N) is 2. The normalized spacial score (nSPS) is 16.0. The molecule has 1 aliphatic rings. The highest BCUT2D eigenvalue weighted by Crippen LogP contribution is 2.20. The van der Waals surface area contributed by atoms with Crippen LogP contribution in [-0.4, -0.2) is 41.9 Å². The number of benzene rings is 1. The molecule has 1 saturated heterocycles. The monoisotopic (exact) mass is 338 g/mol. The van der Waals surface area contributed by atoms with E-state index in [1.165, 1.54) is 23.1 Å². The van der Waals surface area contributed by atoms with Gasteiger partial charge >= 0.3 is 0 Å². The van der Waals surface area contributed by atoms with Gasteiger partial charge < -0.3 is 4.90 Å². The summed E-state index contributed by atoms with van der Waals surface area (Å²) in [6.07, 6.45) is 0. The lowest BCUT2D eigenvalue weighted by molar-refractivity contribution is 0.0630. The Hall–Kier alpha value is -1.43. The van der Waals surface area contributed by atoms with Gasteiger partial charge in [-0.25, -0.2) is 4.39 Å². The van der Waals surface area contributed by atoms with E-state index in [1.807, 2.05) is 0 Å². The molecule has 1 aliphatic heterocycles. The quantitative estimate of drug-likeness (QED) is 0.855. The Morgan fingerprint density at radius 2 is 2.00 bits per heavy atom. The van der Waals surface area contributed by atoms with Crippen LogP contribution in [0.3, 0.4) is 0 Å². The van der Waals surface area contributed by atoms with E-state index in [9.17, 15) is 9.18 Å². The SMILES string of the molecule is O=C(c1ccc(F)cc1Cl)N1CCN(Cc2cccs2)CC1. The molecule has 6 heteroatoms. The van der Waals surface area contributed by atoms with Gasteiger partial charge in [0.15, 0.2) is 0 Å². The smallest absolute Gasteiger partial charge is 0.255 e. The van der Waals surface area contributed by atoms with Gasteiger partial charge in [0.05, 0.1) is 10.6 Å². The molecule has 0 unspecified atom stereocenters. The van der Waals surface area contributed by atoms with Crippen molar-refractivity contribution in [1.82, 2.24) is 9.80 Å². The summed E-state index contributed by atoms with van der Waals surface area (Å²) >= 11 is 7.72. The molecule has 0 spiro atoms.